The highest BCUT2D eigenvalue weighted by Gasteiger charge is 2.14. The van der Waals surface area contributed by atoms with Crippen LogP contribution in [0.3, 0.4) is 0 Å². The molecule has 0 aromatic heterocycles. The quantitative estimate of drug-likeness (QED) is 0.775. The van der Waals surface area contributed by atoms with Crippen molar-refractivity contribution in [3.63, 3.8) is 0 Å². The standard InChI is InChI=1S/C18H17F2NO4/c1-2-12-7-9-13(10-8-12)17(23)24-11-16(22)21-14-5-3-4-6-15(14)25-18(19)20/h3-10,18H,2,11H2,1H3,(H,21,22). The average molecular weight is 349 g/mol. The molecule has 2 rings (SSSR count). The summed E-state index contributed by atoms with van der Waals surface area (Å²) in [6, 6.07) is 12.6. The lowest BCUT2D eigenvalue weighted by atomic mass is 10.1. The second-order valence-electron chi connectivity index (χ2n) is 5.05. The Morgan fingerprint density at radius 1 is 1.08 bits per heavy atom. The fraction of sp³-hybridized carbons (Fsp3) is 0.222. The van der Waals surface area contributed by atoms with Crippen LogP contribution in [0.2, 0.25) is 0 Å². The van der Waals surface area contributed by atoms with Crippen molar-refractivity contribution in [2.45, 2.75) is 20.0 Å². The maximum Gasteiger partial charge on any atom is 0.387 e. The van der Waals surface area contributed by atoms with E-state index in [0.717, 1.165) is 12.0 Å². The summed E-state index contributed by atoms with van der Waals surface area (Å²) < 4.78 is 33.9. The molecule has 0 saturated heterocycles. The Morgan fingerprint density at radius 2 is 1.76 bits per heavy atom. The Labute approximate surface area is 143 Å². The number of alkyl halides is 2. The molecule has 1 N–H and O–H groups in total. The minimum Gasteiger partial charge on any atom is -0.452 e. The molecule has 1 amide bonds. The van der Waals surface area contributed by atoms with Crippen LogP contribution >= 0.6 is 0 Å². The number of nitrogens with one attached hydrogen (secondary N) is 1. The third-order valence-corrected chi connectivity index (χ3v) is 3.31. The van der Waals surface area contributed by atoms with Gasteiger partial charge in [-0.3, -0.25) is 4.79 Å². The van der Waals surface area contributed by atoms with Gasteiger partial charge in [0.05, 0.1) is 11.3 Å². The molecule has 0 saturated carbocycles. The summed E-state index contributed by atoms with van der Waals surface area (Å²) in [6.07, 6.45) is 0.845. The summed E-state index contributed by atoms with van der Waals surface area (Å²) in [4.78, 5) is 23.7. The van der Waals surface area contributed by atoms with Gasteiger partial charge in [0.1, 0.15) is 5.75 Å². The molecule has 0 bridgehead atoms. The number of anilines is 1. The van der Waals surface area contributed by atoms with Gasteiger partial charge >= 0.3 is 12.6 Å². The van der Waals surface area contributed by atoms with Crippen molar-refractivity contribution >= 4 is 17.6 Å². The Hall–Kier alpha value is -2.96. The molecule has 0 heterocycles. The fourth-order valence-corrected chi connectivity index (χ4v) is 2.05. The number of para-hydroxylation sites is 2. The summed E-state index contributed by atoms with van der Waals surface area (Å²) in [5, 5.41) is 2.37. The molecule has 0 unspecified atom stereocenters. The van der Waals surface area contributed by atoms with E-state index in [1.807, 2.05) is 6.92 Å². The van der Waals surface area contributed by atoms with E-state index in [1.165, 1.54) is 18.2 Å². The SMILES string of the molecule is CCc1ccc(C(=O)OCC(=O)Nc2ccccc2OC(F)F)cc1. The lowest BCUT2D eigenvalue weighted by Gasteiger charge is -2.11. The van der Waals surface area contributed by atoms with E-state index >= 15 is 0 Å². The smallest absolute Gasteiger partial charge is 0.387 e. The van der Waals surface area contributed by atoms with Crippen molar-refractivity contribution in [1.82, 2.24) is 0 Å². The first kappa shape index (κ1) is 18.4. The zero-order valence-corrected chi connectivity index (χ0v) is 13.5. The van der Waals surface area contributed by atoms with E-state index < -0.39 is 25.1 Å². The second-order valence-corrected chi connectivity index (χ2v) is 5.05. The van der Waals surface area contributed by atoms with Crippen molar-refractivity contribution < 1.29 is 27.8 Å². The summed E-state index contributed by atoms with van der Waals surface area (Å²) in [6.45, 7) is -1.56. The Bertz CT molecular complexity index is 732. The zero-order valence-electron chi connectivity index (χ0n) is 13.5. The van der Waals surface area contributed by atoms with Gasteiger partial charge in [0.15, 0.2) is 6.61 Å². The monoisotopic (exact) mass is 349 g/mol. The maximum atomic E-state index is 12.3. The van der Waals surface area contributed by atoms with Crippen molar-refractivity contribution in [1.29, 1.82) is 0 Å². The minimum absolute atomic E-state index is 0.0659. The molecule has 0 radical (unpaired) electrons. The van der Waals surface area contributed by atoms with Gasteiger partial charge in [-0.15, -0.1) is 0 Å². The third-order valence-electron chi connectivity index (χ3n) is 3.31. The number of rotatable bonds is 7. The van der Waals surface area contributed by atoms with Gasteiger partial charge in [-0.25, -0.2) is 4.79 Å². The number of amides is 1. The van der Waals surface area contributed by atoms with Gasteiger partial charge in [-0.05, 0) is 36.2 Å². The summed E-state index contributed by atoms with van der Waals surface area (Å²) in [5.74, 6) is -1.48. The number of benzene rings is 2. The van der Waals surface area contributed by atoms with Crippen molar-refractivity contribution in [2.75, 3.05) is 11.9 Å². The molecule has 0 fully saturated rings. The molecular weight excluding hydrogens is 332 g/mol. The van der Waals surface area contributed by atoms with Gasteiger partial charge in [0.25, 0.3) is 5.91 Å². The van der Waals surface area contributed by atoms with E-state index in [-0.39, 0.29) is 11.4 Å². The van der Waals surface area contributed by atoms with Gasteiger partial charge in [0.2, 0.25) is 0 Å². The molecule has 0 aliphatic rings. The van der Waals surface area contributed by atoms with Gasteiger partial charge in [-0.1, -0.05) is 31.2 Å². The van der Waals surface area contributed by atoms with E-state index in [2.05, 4.69) is 10.1 Å². The van der Waals surface area contributed by atoms with Crippen molar-refractivity contribution in [3.05, 3.63) is 59.7 Å². The summed E-state index contributed by atoms with van der Waals surface area (Å²) >= 11 is 0. The van der Waals surface area contributed by atoms with E-state index in [0.29, 0.717) is 5.56 Å². The van der Waals surface area contributed by atoms with Gasteiger partial charge < -0.3 is 14.8 Å². The first-order valence-corrected chi connectivity index (χ1v) is 7.59. The number of ether oxygens (including phenoxy) is 2. The predicted molar refractivity (Wildman–Crippen MR) is 87.8 cm³/mol. The largest absolute Gasteiger partial charge is 0.452 e. The topological polar surface area (TPSA) is 64.6 Å². The zero-order chi connectivity index (χ0) is 18.2. The van der Waals surface area contributed by atoms with E-state index in [9.17, 15) is 18.4 Å². The number of halogens is 2. The molecule has 5 nitrogen and oxygen atoms in total. The van der Waals surface area contributed by atoms with E-state index in [1.54, 1.807) is 30.3 Å². The third kappa shape index (κ3) is 5.56. The molecule has 0 aliphatic carbocycles. The molecule has 7 heteroatoms. The highest BCUT2D eigenvalue weighted by molar-refractivity contribution is 5.96. The van der Waals surface area contributed by atoms with Crippen LogP contribution in [0.1, 0.15) is 22.8 Å². The molecule has 132 valence electrons. The minimum atomic E-state index is -3.01. The number of carbonyl (C=O) groups is 2. The molecule has 2 aromatic rings. The first-order valence-electron chi connectivity index (χ1n) is 7.59. The first-order chi connectivity index (χ1) is 12.0. The number of esters is 1. The fourth-order valence-electron chi connectivity index (χ4n) is 2.05. The molecule has 25 heavy (non-hydrogen) atoms. The molecular formula is C18H17F2NO4. The van der Waals surface area contributed by atoms with Crippen LogP contribution < -0.4 is 10.1 Å². The Kier molecular flexibility index (Phi) is 6.45. The van der Waals surface area contributed by atoms with Crippen LogP contribution in [-0.4, -0.2) is 25.1 Å². The lowest BCUT2D eigenvalue weighted by molar-refractivity contribution is -0.119. The Morgan fingerprint density at radius 3 is 2.40 bits per heavy atom. The van der Waals surface area contributed by atoms with Gasteiger partial charge in [-0.2, -0.15) is 8.78 Å². The van der Waals surface area contributed by atoms with Crippen LogP contribution in [-0.2, 0) is 16.0 Å². The highest BCUT2D eigenvalue weighted by Crippen LogP contribution is 2.25. The molecule has 0 atom stereocenters. The van der Waals surface area contributed by atoms with Crippen LogP contribution in [0.4, 0.5) is 14.5 Å². The number of hydrogen-bond acceptors (Lipinski definition) is 4. The van der Waals surface area contributed by atoms with Crippen molar-refractivity contribution in [3.8, 4) is 5.75 Å². The Balaban J connectivity index is 1.91. The molecule has 0 spiro atoms. The summed E-state index contributed by atoms with van der Waals surface area (Å²) in [5.41, 5.74) is 1.47. The number of aryl methyl sites for hydroxylation is 1. The maximum absolute atomic E-state index is 12.3. The highest BCUT2D eigenvalue weighted by atomic mass is 19.3. The average Bonchev–Trinajstić information content (AvgIpc) is 2.61. The molecule has 2 aromatic carbocycles. The van der Waals surface area contributed by atoms with Crippen LogP contribution in [0.25, 0.3) is 0 Å². The van der Waals surface area contributed by atoms with Crippen LogP contribution in [0.15, 0.2) is 48.5 Å². The van der Waals surface area contributed by atoms with Gasteiger partial charge in [0, 0.05) is 0 Å². The van der Waals surface area contributed by atoms with Crippen molar-refractivity contribution in [2.24, 2.45) is 0 Å². The predicted octanol–water partition coefficient (Wildman–Crippen LogP) is 3.65. The van der Waals surface area contributed by atoms with Crippen LogP contribution in [0, 0.1) is 0 Å². The second kappa shape index (κ2) is 8.77. The normalized spacial score (nSPS) is 10.4. The lowest BCUT2D eigenvalue weighted by Crippen LogP contribution is -2.21. The van der Waals surface area contributed by atoms with Crippen LogP contribution in [0.5, 0.6) is 5.75 Å². The number of hydrogen-bond donors (Lipinski definition) is 1. The molecule has 0 aliphatic heterocycles. The summed E-state index contributed by atoms with van der Waals surface area (Å²) in [7, 11) is 0. The van der Waals surface area contributed by atoms with E-state index in [4.69, 9.17) is 4.74 Å². The number of carbonyl (C=O) groups excluding carboxylic acids is 2.